The van der Waals surface area contributed by atoms with E-state index in [4.69, 9.17) is 0 Å². The highest BCUT2D eigenvalue weighted by Gasteiger charge is 2.28. The second-order valence-electron chi connectivity index (χ2n) is 5.79. The summed E-state index contributed by atoms with van der Waals surface area (Å²) in [4.78, 5) is 15.8. The first-order valence-electron chi connectivity index (χ1n) is 7.30. The van der Waals surface area contributed by atoms with Crippen LogP contribution in [-0.4, -0.2) is 44.0 Å². The fourth-order valence-electron chi connectivity index (χ4n) is 2.73. The molecule has 0 radical (unpaired) electrons. The van der Waals surface area contributed by atoms with Crippen LogP contribution in [0.2, 0.25) is 0 Å². The zero-order chi connectivity index (χ0) is 14.5. The van der Waals surface area contributed by atoms with Gasteiger partial charge in [-0.05, 0) is 50.8 Å². The largest absolute Gasteiger partial charge is 0.353 e. The van der Waals surface area contributed by atoms with Crippen molar-refractivity contribution in [2.24, 2.45) is 5.92 Å². The molecule has 5 heteroatoms. The summed E-state index contributed by atoms with van der Waals surface area (Å²) in [5.41, 5.74) is 0. The van der Waals surface area contributed by atoms with E-state index in [1.807, 2.05) is 0 Å². The topological polar surface area (TPSA) is 44.4 Å². The molecule has 3 atom stereocenters. The standard InChI is InChI=1S/C15H25N3OS/c1-11-6-4-8-16-14(11)15(19)17-10-12(18(2)3)13-7-5-9-20-13/h5,7,9,11-12,14,16H,4,6,8,10H2,1-3H3,(H,17,19). The third-order valence-electron chi connectivity index (χ3n) is 4.02. The summed E-state index contributed by atoms with van der Waals surface area (Å²) in [6, 6.07) is 4.40. The fraction of sp³-hybridized carbons (Fsp3) is 0.667. The summed E-state index contributed by atoms with van der Waals surface area (Å²) in [6.45, 7) is 3.76. The maximum Gasteiger partial charge on any atom is 0.237 e. The molecule has 0 aromatic carbocycles. The average molecular weight is 295 g/mol. The third-order valence-corrected chi connectivity index (χ3v) is 4.99. The van der Waals surface area contributed by atoms with Gasteiger partial charge in [0.2, 0.25) is 5.91 Å². The normalized spacial score (nSPS) is 24.6. The fourth-order valence-corrected chi connectivity index (χ4v) is 3.65. The Bertz CT molecular complexity index is 419. The van der Waals surface area contributed by atoms with E-state index in [-0.39, 0.29) is 18.0 Å². The number of piperidine rings is 1. The third kappa shape index (κ3) is 3.81. The predicted octanol–water partition coefficient (Wildman–Crippen LogP) is 1.86. The van der Waals surface area contributed by atoms with Gasteiger partial charge in [0.15, 0.2) is 0 Å². The van der Waals surface area contributed by atoms with Crippen LogP contribution in [0.4, 0.5) is 0 Å². The smallest absolute Gasteiger partial charge is 0.237 e. The Hall–Kier alpha value is -0.910. The van der Waals surface area contributed by atoms with E-state index in [9.17, 15) is 4.79 Å². The molecule has 4 nitrogen and oxygen atoms in total. The molecule has 2 N–H and O–H groups in total. The zero-order valence-electron chi connectivity index (χ0n) is 12.6. The van der Waals surface area contributed by atoms with E-state index < -0.39 is 0 Å². The molecular weight excluding hydrogens is 270 g/mol. The number of thiophene rings is 1. The Morgan fingerprint density at radius 1 is 1.60 bits per heavy atom. The molecule has 0 aliphatic carbocycles. The summed E-state index contributed by atoms with van der Waals surface area (Å²) in [6.07, 6.45) is 2.30. The van der Waals surface area contributed by atoms with Crippen LogP contribution in [0.25, 0.3) is 0 Å². The molecule has 1 aromatic rings. The van der Waals surface area contributed by atoms with Crippen molar-refractivity contribution >= 4 is 17.2 Å². The van der Waals surface area contributed by atoms with Crippen LogP contribution in [-0.2, 0) is 4.79 Å². The van der Waals surface area contributed by atoms with E-state index >= 15 is 0 Å². The first-order valence-corrected chi connectivity index (χ1v) is 8.18. The van der Waals surface area contributed by atoms with Crippen molar-refractivity contribution in [1.82, 2.24) is 15.5 Å². The molecule has 1 aliphatic heterocycles. The van der Waals surface area contributed by atoms with Crippen LogP contribution in [0.5, 0.6) is 0 Å². The quantitative estimate of drug-likeness (QED) is 0.871. The number of nitrogens with one attached hydrogen (secondary N) is 2. The molecule has 20 heavy (non-hydrogen) atoms. The number of hydrogen-bond donors (Lipinski definition) is 2. The molecule has 2 rings (SSSR count). The van der Waals surface area contributed by atoms with Gasteiger partial charge < -0.3 is 15.5 Å². The monoisotopic (exact) mass is 295 g/mol. The van der Waals surface area contributed by atoms with Gasteiger partial charge in [-0.1, -0.05) is 13.0 Å². The summed E-state index contributed by atoms with van der Waals surface area (Å²) in [5, 5.41) is 8.53. The van der Waals surface area contributed by atoms with E-state index in [1.54, 1.807) is 11.3 Å². The number of carbonyl (C=O) groups excluding carboxylic acids is 1. The van der Waals surface area contributed by atoms with Crippen molar-refractivity contribution in [2.45, 2.75) is 31.8 Å². The number of likely N-dealkylation sites (N-methyl/N-ethyl adjacent to an activating group) is 1. The van der Waals surface area contributed by atoms with Crippen molar-refractivity contribution in [2.75, 3.05) is 27.2 Å². The number of rotatable bonds is 5. The highest BCUT2D eigenvalue weighted by molar-refractivity contribution is 7.10. The molecule has 2 heterocycles. The summed E-state index contributed by atoms with van der Waals surface area (Å²) in [5.74, 6) is 0.559. The molecule has 1 aromatic heterocycles. The van der Waals surface area contributed by atoms with Gasteiger partial charge in [0.25, 0.3) is 0 Å². The molecule has 3 unspecified atom stereocenters. The highest BCUT2D eigenvalue weighted by Crippen LogP contribution is 2.22. The lowest BCUT2D eigenvalue weighted by Gasteiger charge is -2.30. The number of nitrogens with zero attached hydrogens (tertiary/aromatic N) is 1. The van der Waals surface area contributed by atoms with Crippen LogP contribution in [0.1, 0.15) is 30.7 Å². The summed E-state index contributed by atoms with van der Waals surface area (Å²) < 4.78 is 0. The lowest BCUT2D eigenvalue weighted by atomic mass is 9.92. The van der Waals surface area contributed by atoms with Gasteiger partial charge in [0.05, 0.1) is 12.1 Å². The van der Waals surface area contributed by atoms with Crippen LogP contribution in [0, 0.1) is 5.92 Å². The minimum absolute atomic E-state index is 0.0325. The summed E-state index contributed by atoms with van der Waals surface area (Å²) in [7, 11) is 4.11. The van der Waals surface area contributed by atoms with Gasteiger partial charge in [0.1, 0.15) is 0 Å². The van der Waals surface area contributed by atoms with Crippen molar-refractivity contribution in [3.63, 3.8) is 0 Å². The number of carbonyl (C=O) groups is 1. The van der Waals surface area contributed by atoms with Crippen molar-refractivity contribution in [1.29, 1.82) is 0 Å². The van der Waals surface area contributed by atoms with E-state index in [0.29, 0.717) is 12.5 Å². The Labute approximate surface area is 125 Å². The molecular formula is C15H25N3OS. The second-order valence-corrected chi connectivity index (χ2v) is 6.77. The maximum absolute atomic E-state index is 12.3. The number of amides is 1. The van der Waals surface area contributed by atoms with E-state index in [2.05, 4.69) is 54.1 Å². The SMILES string of the molecule is CC1CCCNC1C(=O)NCC(c1cccs1)N(C)C. The maximum atomic E-state index is 12.3. The molecule has 1 fully saturated rings. The molecule has 0 bridgehead atoms. The lowest BCUT2D eigenvalue weighted by Crippen LogP contribution is -2.51. The molecule has 112 valence electrons. The Morgan fingerprint density at radius 2 is 2.40 bits per heavy atom. The molecule has 1 amide bonds. The minimum Gasteiger partial charge on any atom is -0.353 e. The average Bonchev–Trinajstić information content (AvgIpc) is 2.92. The second kappa shape index (κ2) is 7.20. The van der Waals surface area contributed by atoms with Crippen LogP contribution in [0.15, 0.2) is 17.5 Å². The Morgan fingerprint density at radius 3 is 3.00 bits per heavy atom. The Balaban J connectivity index is 1.90. The van der Waals surface area contributed by atoms with Crippen molar-refractivity contribution in [3.05, 3.63) is 22.4 Å². The minimum atomic E-state index is -0.0325. The van der Waals surface area contributed by atoms with Crippen LogP contribution >= 0.6 is 11.3 Å². The molecule has 1 saturated heterocycles. The van der Waals surface area contributed by atoms with Gasteiger partial charge in [-0.15, -0.1) is 11.3 Å². The molecule has 0 spiro atoms. The Kier molecular flexibility index (Phi) is 5.57. The van der Waals surface area contributed by atoms with Gasteiger partial charge in [0, 0.05) is 11.4 Å². The van der Waals surface area contributed by atoms with Crippen LogP contribution in [0.3, 0.4) is 0 Å². The molecule has 0 saturated carbocycles. The lowest BCUT2D eigenvalue weighted by molar-refractivity contribution is -0.125. The van der Waals surface area contributed by atoms with Gasteiger partial charge in [-0.25, -0.2) is 0 Å². The zero-order valence-corrected chi connectivity index (χ0v) is 13.4. The van der Waals surface area contributed by atoms with Gasteiger partial charge in [-0.2, -0.15) is 0 Å². The van der Waals surface area contributed by atoms with E-state index in [1.165, 1.54) is 11.3 Å². The van der Waals surface area contributed by atoms with E-state index in [0.717, 1.165) is 13.0 Å². The first-order chi connectivity index (χ1) is 9.59. The first kappa shape index (κ1) is 15.5. The molecule has 1 aliphatic rings. The van der Waals surface area contributed by atoms with Gasteiger partial charge in [-0.3, -0.25) is 4.79 Å². The van der Waals surface area contributed by atoms with Crippen LogP contribution < -0.4 is 10.6 Å². The van der Waals surface area contributed by atoms with Crippen molar-refractivity contribution in [3.8, 4) is 0 Å². The van der Waals surface area contributed by atoms with Gasteiger partial charge >= 0.3 is 0 Å². The summed E-state index contributed by atoms with van der Waals surface area (Å²) >= 11 is 1.74. The van der Waals surface area contributed by atoms with Crippen molar-refractivity contribution < 1.29 is 4.79 Å². The predicted molar refractivity (Wildman–Crippen MR) is 83.9 cm³/mol. The highest BCUT2D eigenvalue weighted by atomic mass is 32.1. The number of hydrogen-bond acceptors (Lipinski definition) is 4.